The number of ether oxygens (including phenoxy) is 2. The van der Waals surface area contributed by atoms with E-state index >= 15 is 0 Å². The Morgan fingerprint density at radius 3 is 2.52 bits per heavy atom. The van der Waals surface area contributed by atoms with Crippen molar-refractivity contribution in [2.75, 3.05) is 12.5 Å². The van der Waals surface area contributed by atoms with Crippen molar-refractivity contribution < 1.29 is 27.6 Å². The lowest BCUT2D eigenvalue weighted by Crippen LogP contribution is -2.05. The summed E-state index contributed by atoms with van der Waals surface area (Å²) in [7, 11) is 1.46. The number of alkyl halides is 3. The van der Waals surface area contributed by atoms with Crippen LogP contribution in [0.1, 0.15) is 16.7 Å². The monoisotopic (exact) mass is 524 g/mol. The Bertz CT molecular complexity index is 1150. The summed E-state index contributed by atoms with van der Waals surface area (Å²) >= 11 is 3.41. The van der Waals surface area contributed by atoms with Crippen LogP contribution >= 0.6 is 15.9 Å². The summed E-state index contributed by atoms with van der Waals surface area (Å²) < 4.78 is 49.5. The van der Waals surface area contributed by atoms with Gasteiger partial charge in [-0.15, -0.1) is 0 Å². The van der Waals surface area contributed by atoms with E-state index in [2.05, 4.69) is 31.4 Å². The van der Waals surface area contributed by atoms with E-state index in [-0.39, 0.29) is 18.1 Å². The summed E-state index contributed by atoms with van der Waals surface area (Å²) in [5.74, 6) is 0.971. The van der Waals surface area contributed by atoms with Gasteiger partial charge in [-0.05, 0) is 63.5 Å². The number of nitro groups is 1. The number of nitrogens with zero attached hydrogens (tertiary/aromatic N) is 3. The van der Waals surface area contributed by atoms with Crippen molar-refractivity contribution in [2.24, 2.45) is 5.10 Å². The minimum Gasteiger partial charge on any atom is -0.493 e. The van der Waals surface area contributed by atoms with Crippen LogP contribution in [0.15, 0.2) is 64.3 Å². The van der Waals surface area contributed by atoms with Crippen LogP contribution in [0, 0.1) is 10.1 Å². The molecule has 0 amide bonds. The van der Waals surface area contributed by atoms with Crippen molar-refractivity contribution in [3.8, 4) is 11.5 Å². The van der Waals surface area contributed by atoms with Crippen LogP contribution in [-0.4, -0.2) is 23.2 Å². The van der Waals surface area contributed by atoms with Gasteiger partial charge in [0.05, 0.1) is 28.3 Å². The van der Waals surface area contributed by atoms with Crippen molar-refractivity contribution in [2.45, 2.75) is 12.8 Å². The number of pyridine rings is 1. The summed E-state index contributed by atoms with van der Waals surface area (Å²) in [6.45, 7) is 0.154. The number of nitrogens with one attached hydrogen (secondary N) is 1. The van der Waals surface area contributed by atoms with Gasteiger partial charge in [-0.3, -0.25) is 15.5 Å². The second-order valence-corrected chi connectivity index (χ2v) is 7.40. The molecule has 1 N–H and O–H groups in total. The Morgan fingerprint density at radius 1 is 1.21 bits per heavy atom. The van der Waals surface area contributed by atoms with Crippen molar-refractivity contribution in [1.82, 2.24) is 4.98 Å². The minimum atomic E-state index is -4.46. The third kappa shape index (κ3) is 6.42. The molecule has 2 aromatic carbocycles. The molecule has 172 valence electrons. The zero-order valence-corrected chi connectivity index (χ0v) is 18.6. The van der Waals surface area contributed by atoms with E-state index in [9.17, 15) is 23.3 Å². The largest absolute Gasteiger partial charge is 0.493 e. The first-order valence-corrected chi connectivity index (χ1v) is 10.0. The Kier molecular flexibility index (Phi) is 7.48. The van der Waals surface area contributed by atoms with Gasteiger partial charge in [-0.25, -0.2) is 4.98 Å². The number of benzene rings is 2. The van der Waals surface area contributed by atoms with E-state index in [0.29, 0.717) is 27.7 Å². The van der Waals surface area contributed by atoms with Crippen LogP contribution in [0.25, 0.3) is 0 Å². The van der Waals surface area contributed by atoms with Crippen molar-refractivity contribution in [1.29, 1.82) is 0 Å². The van der Waals surface area contributed by atoms with Crippen LogP contribution in [0.5, 0.6) is 11.5 Å². The highest BCUT2D eigenvalue weighted by Crippen LogP contribution is 2.37. The summed E-state index contributed by atoms with van der Waals surface area (Å²) in [4.78, 5) is 13.9. The summed E-state index contributed by atoms with van der Waals surface area (Å²) in [6.07, 6.45) is -2.30. The lowest BCUT2D eigenvalue weighted by molar-refractivity contribution is -0.384. The number of non-ortho nitro benzene ring substituents is 1. The normalized spacial score (nSPS) is 11.4. The standard InChI is InChI=1S/C21H16BrF3N4O4/c1-32-18-9-14(10-27-28-19-7-4-15(11-26-19)21(23,24)25)8-17(22)20(18)33-12-13-2-5-16(6-3-13)29(30)31/h2-11H,12H2,1H3,(H,26,28)/b27-10-. The van der Waals surface area contributed by atoms with Gasteiger partial charge in [0, 0.05) is 18.3 Å². The van der Waals surface area contributed by atoms with Crippen molar-refractivity contribution >= 4 is 33.6 Å². The van der Waals surface area contributed by atoms with Gasteiger partial charge in [0.2, 0.25) is 0 Å². The van der Waals surface area contributed by atoms with E-state index in [0.717, 1.165) is 11.6 Å². The van der Waals surface area contributed by atoms with E-state index in [1.165, 1.54) is 31.5 Å². The molecule has 0 aliphatic rings. The average Bonchev–Trinajstić information content (AvgIpc) is 2.78. The maximum absolute atomic E-state index is 12.6. The number of methoxy groups -OCH3 is 1. The highest BCUT2D eigenvalue weighted by atomic mass is 79.9. The fourth-order valence-electron chi connectivity index (χ4n) is 2.62. The third-order valence-corrected chi connectivity index (χ3v) is 4.85. The molecule has 0 fully saturated rings. The number of hydrazone groups is 1. The smallest absolute Gasteiger partial charge is 0.417 e. The second-order valence-electron chi connectivity index (χ2n) is 6.55. The first-order chi connectivity index (χ1) is 15.7. The SMILES string of the molecule is COc1cc(/C=N\Nc2ccc(C(F)(F)F)cn2)cc(Br)c1OCc1ccc([N+](=O)[O-])cc1. The molecule has 0 atom stereocenters. The number of nitro benzene ring substituents is 1. The molecule has 12 heteroatoms. The van der Waals surface area contributed by atoms with Gasteiger partial charge < -0.3 is 9.47 Å². The van der Waals surface area contributed by atoms with Gasteiger partial charge in [-0.1, -0.05) is 0 Å². The molecule has 0 unspecified atom stereocenters. The Morgan fingerprint density at radius 2 is 1.94 bits per heavy atom. The zero-order valence-electron chi connectivity index (χ0n) is 17.0. The second kappa shape index (κ2) is 10.3. The van der Waals surface area contributed by atoms with Gasteiger partial charge in [0.25, 0.3) is 5.69 Å². The van der Waals surface area contributed by atoms with Gasteiger partial charge in [0.1, 0.15) is 12.4 Å². The first-order valence-electron chi connectivity index (χ1n) is 9.23. The quantitative estimate of drug-likeness (QED) is 0.227. The third-order valence-electron chi connectivity index (χ3n) is 4.27. The Balaban J connectivity index is 1.67. The molecular formula is C21H16BrF3N4O4. The maximum atomic E-state index is 12.6. The molecule has 0 aliphatic carbocycles. The van der Waals surface area contributed by atoms with Crippen molar-refractivity contribution in [3.63, 3.8) is 0 Å². The molecular weight excluding hydrogens is 509 g/mol. The zero-order chi connectivity index (χ0) is 24.0. The number of anilines is 1. The van der Waals surface area contributed by atoms with Gasteiger partial charge in [0.15, 0.2) is 11.5 Å². The molecule has 0 spiro atoms. The molecule has 33 heavy (non-hydrogen) atoms. The molecule has 0 bridgehead atoms. The molecule has 1 aromatic heterocycles. The summed E-state index contributed by atoms with van der Waals surface area (Å²) in [5, 5.41) is 14.7. The highest BCUT2D eigenvalue weighted by molar-refractivity contribution is 9.10. The Hall–Kier alpha value is -3.67. The van der Waals surface area contributed by atoms with Crippen LogP contribution in [0.2, 0.25) is 0 Å². The average molecular weight is 525 g/mol. The maximum Gasteiger partial charge on any atom is 0.417 e. The lowest BCUT2D eigenvalue weighted by atomic mass is 10.2. The molecule has 3 rings (SSSR count). The molecule has 0 saturated heterocycles. The Labute approximate surface area is 194 Å². The highest BCUT2D eigenvalue weighted by Gasteiger charge is 2.30. The number of hydrogen-bond donors (Lipinski definition) is 1. The van der Waals surface area contributed by atoms with Crippen LogP contribution < -0.4 is 14.9 Å². The summed E-state index contributed by atoms with van der Waals surface area (Å²) in [6, 6.07) is 11.4. The first kappa shape index (κ1) is 24.0. The predicted octanol–water partition coefficient (Wildman–Crippen LogP) is 5.80. The number of halogens is 4. The number of aromatic nitrogens is 1. The van der Waals surface area contributed by atoms with Crippen molar-refractivity contribution in [3.05, 3.63) is 86.0 Å². The van der Waals surface area contributed by atoms with E-state index in [4.69, 9.17) is 9.47 Å². The molecule has 1 heterocycles. The van der Waals surface area contributed by atoms with Crippen LogP contribution in [0.4, 0.5) is 24.7 Å². The lowest BCUT2D eigenvalue weighted by Gasteiger charge is -2.13. The minimum absolute atomic E-state index is 0.0127. The molecule has 0 radical (unpaired) electrons. The molecule has 8 nitrogen and oxygen atoms in total. The molecule has 0 saturated carbocycles. The van der Waals surface area contributed by atoms with E-state index < -0.39 is 16.7 Å². The van der Waals surface area contributed by atoms with Crippen LogP contribution in [-0.2, 0) is 12.8 Å². The van der Waals surface area contributed by atoms with Gasteiger partial charge in [-0.2, -0.15) is 18.3 Å². The molecule has 0 aliphatic heterocycles. The number of hydrogen-bond acceptors (Lipinski definition) is 7. The van der Waals surface area contributed by atoms with Crippen LogP contribution in [0.3, 0.4) is 0 Å². The fourth-order valence-corrected chi connectivity index (χ4v) is 3.20. The van der Waals surface area contributed by atoms with E-state index in [1.807, 2.05) is 0 Å². The van der Waals surface area contributed by atoms with Gasteiger partial charge >= 0.3 is 6.18 Å². The fraction of sp³-hybridized carbons (Fsp3) is 0.143. The molecule has 3 aromatic rings. The number of rotatable bonds is 8. The summed E-state index contributed by atoms with van der Waals surface area (Å²) in [5.41, 5.74) is 3.04. The predicted molar refractivity (Wildman–Crippen MR) is 119 cm³/mol. The van der Waals surface area contributed by atoms with E-state index in [1.54, 1.807) is 24.3 Å². The topological polar surface area (TPSA) is 98.9 Å².